The summed E-state index contributed by atoms with van der Waals surface area (Å²) in [4.78, 5) is 21.2. The summed E-state index contributed by atoms with van der Waals surface area (Å²) in [7, 11) is 0. The molecule has 0 aromatic rings. The highest BCUT2D eigenvalue weighted by Crippen LogP contribution is 2.20. The lowest BCUT2D eigenvalue weighted by molar-refractivity contribution is -0.133. The standard InChI is InChI=1S/C6H8NO3/c1-6(5(7)9)2-4(8)3-10-6/h2H,3H2,1H3,(H2,7,9). The van der Waals surface area contributed by atoms with Crippen molar-refractivity contribution in [3.63, 3.8) is 0 Å². The molecule has 1 rings (SSSR count). The molecule has 0 spiro atoms. The molecule has 4 heteroatoms. The van der Waals surface area contributed by atoms with E-state index in [1.165, 1.54) is 13.3 Å². The molecule has 0 aromatic heterocycles. The topological polar surface area (TPSA) is 69.4 Å². The van der Waals surface area contributed by atoms with E-state index in [9.17, 15) is 9.59 Å². The Hall–Kier alpha value is -0.900. The first-order chi connectivity index (χ1) is 4.54. The summed E-state index contributed by atoms with van der Waals surface area (Å²) in [6.45, 7) is 1.43. The van der Waals surface area contributed by atoms with E-state index in [2.05, 4.69) is 0 Å². The molecule has 55 valence electrons. The van der Waals surface area contributed by atoms with Crippen molar-refractivity contribution < 1.29 is 14.3 Å². The Labute approximate surface area is 58.3 Å². The Bertz CT molecular complexity index is 189. The molecule has 1 saturated heterocycles. The van der Waals surface area contributed by atoms with Crippen LogP contribution in [0.1, 0.15) is 6.92 Å². The Kier molecular flexibility index (Phi) is 1.48. The van der Waals surface area contributed by atoms with Gasteiger partial charge in [-0.1, -0.05) is 0 Å². The number of ketones is 1. The van der Waals surface area contributed by atoms with Gasteiger partial charge in [-0.3, -0.25) is 9.59 Å². The zero-order valence-corrected chi connectivity index (χ0v) is 5.59. The van der Waals surface area contributed by atoms with Crippen LogP contribution in [0.5, 0.6) is 0 Å². The van der Waals surface area contributed by atoms with Crippen LogP contribution in [-0.4, -0.2) is 23.9 Å². The average Bonchev–Trinajstić information content (AvgIpc) is 2.13. The molecule has 0 aromatic carbocycles. The minimum atomic E-state index is -1.17. The Morgan fingerprint density at radius 3 is 2.70 bits per heavy atom. The number of ether oxygens (including phenoxy) is 1. The fourth-order valence-corrected chi connectivity index (χ4v) is 0.754. The van der Waals surface area contributed by atoms with Gasteiger partial charge in [-0.15, -0.1) is 0 Å². The van der Waals surface area contributed by atoms with Crippen molar-refractivity contribution >= 4 is 11.7 Å². The first kappa shape index (κ1) is 7.21. The third kappa shape index (κ3) is 1.02. The molecule has 0 saturated carbocycles. The first-order valence-electron chi connectivity index (χ1n) is 2.87. The Morgan fingerprint density at radius 2 is 2.50 bits per heavy atom. The van der Waals surface area contributed by atoms with Gasteiger partial charge in [0, 0.05) is 0 Å². The Morgan fingerprint density at radius 1 is 1.90 bits per heavy atom. The van der Waals surface area contributed by atoms with E-state index in [0.29, 0.717) is 0 Å². The predicted octanol–water partition coefficient (Wildman–Crippen LogP) is -0.966. The quantitative estimate of drug-likeness (QED) is 0.512. The van der Waals surface area contributed by atoms with Crippen LogP contribution in [0.4, 0.5) is 0 Å². The number of carbonyl (C=O) groups excluding carboxylic acids is 2. The monoisotopic (exact) mass is 142 g/mol. The molecule has 1 amide bonds. The molecule has 0 bridgehead atoms. The van der Waals surface area contributed by atoms with Crippen molar-refractivity contribution in [1.82, 2.24) is 0 Å². The average molecular weight is 142 g/mol. The lowest BCUT2D eigenvalue weighted by Gasteiger charge is -2.15. The van der Waals surface area contributed by atoms with Gasteiger partial charge in [-0.05, 0) is 6.92 Å². The molecule has 10 heavy (non-hydrogen) atoms. The number of carbonyl (C=O) groups is 2. The SMILES string of the molecule is CC1(C(N)=O)[CH]C(=O)CO1. The van der Waals surface area contributed by atoms with E-state index in [1.54, 1.807) is 0 Å². The number of primary amides is 1. The number of amides is 1. The number of hydrogen-bond acceptors (Lipinski definition) is 3. The summed E-state index contributed by atoms with van der Waals surface area (Å²) >= 11 is 0. The van der Waals surface area contributed by atoms with Crippen molar-refractivity contribution in [3.8, 4) is 0 Å². The number of hydrogen-bond donors (Lipinski definition) is 1. The zero-order chi connectivity index (χ0) is 7.78. The normalized spacial score (nSPS) is 32.7. The molecule has 1 radical (unpaired) electrons. The van der Waals surface area contributed by atoms with Gasteiger partial charge in [0.1, 0.15) is 6.61 Å². The van der Waals surface area contributed by atoms with E-state index in [4.69, 9.17) is 10.5 Å². The largest absolute Gasteiger partial charge is 0.367 e. The molecule has 1 fully saturated rings. The molecule has 1 heterocycles. The van der Waals surface area contributed by atoms with E-state index < -0.39 is 11.5 Å². The summed E-state index contributed by atoms with van der Waals surface area (Å²) < 4.78 is 4.83. The van der Waals surface area contributed by atoms with Crippen molar-refractivity contribution in [2.24, 2.45) is 5.73 Å². The highest BCUT2D eigenvalue weighted by atomic mass is 16.5. The maximum absolute atomic E-state index is 10.6. The predicted molar refractivity (Wildman–Crippen MR) is 32.9 cm³/mol. The highest BCUT2D eigenvalue weighted by Gasteiger charge is 2.40. The third-order valence-electron chi connectivity index (χ3n) is 1.44. The van der Waals surface area contributed by atoms with Crippen LogP contribution in [-0.2, 0) is 14.3 Å². The minimum absolute atomic E-state index is 0.0422. The summed E-state index contributed by atoms with van der Waals surface area (Å²) in [5, 5.41) is 0. The lowest BCUT2D eigenvalue weighted by Crippen LogP contribution is -2.40. The van der Waals surface area contributed by atoms with Crippen molar-refractivity contribution in [2.45, 2.75) is 12.5 Å². The maximum Gasteiger partial charge on any atom is 0.250 e. The van der Waals surface area contributed by atoms with Gasteiger partial charge in [0.25, 0.3) is 0 Å². The van der Waals surface area contributed by atoms with Gasteiger partial charge in [-0.25, -0.2) is 0 Å². The van der Waals surface area contributed by atoms with Crippen LogP contribution in [0, 0.1) is 6.42 Å². The van der Waals surface area contributed by atoms with Crippen molar-refractivity contribution in [2.75, 3.05) is 6.61 Å². The fourth-order valence-electron chi connectivity index (χ4n) is 0.754. The third-order valence-corrected chi connectivity index (χ3v) is 1.44. The van der Waals surface area contributed by atoms with Crippen LogP contribution >= 0.6 is 0 Å². The minimum Gasteiger partial charge on any atom is -0.367 e. The van der Waals surface area contributed by atoms with Gasteiger partial charge in [0.15, 0.2) is 11.4 Å². The maximum atomic E-state index is 10.6. The fraction of sp³-hybridized carbons (Fsp3) is 0.500. The second-order valence-electron chi connectivity index (χ2n) is 2.37. The van der Waals surface area contributed by atoms with Crippen LogP contribution in [0.3, 0.4) is 0 Å². The van der Waals surface area contributed by atoms with Crippen LogP contribution in [0.15, 0.2) is 0 Å². The zero-order valence-electron chi connectivity index (χ0n) is 5.59. The second-order valence-corrected chi connectivity index (χ2v) is 2.37. The lowest BCUT2D eigenvalue weighted by atomic mass is 10.0. The van der Waals surface area contributed by atoms with Crippen molar-refractivity contribution in [3.05, 3.63) is 6.42 Å². The molecule has 1 atom stereocenters. The van der Waals surface area contributed by atoms with Crippen LogP contribution in [0.25, 0.3) is 0 Å². The van der Waals surface area contributed by atoms with Gasteiger partial charge >= 0.3 is 0 Å². The van der Waals surface area contributed by atoms with Crippen LogP contribution in [0.2, 0.25) is 0 Å². The van der Waals surface area contributed by atoms with Crippen LogP contribution < -0.4 is 5.73 Å². The van der Waals surface area contributed by atoms with Crippen molar-refractivity contribution in [1.29, 1.82) is 0 Å². The summed E-state index contributed by atoms with van der Waals surface area (Å²) in [6, 6.07) is 0. The molecule has 4 nitrogen and oxygen atoms in total. The molecule has 2 N–H and O–H groups in total. The van der Waals surface area contributed by atoms with Gasteiger partial charge in [0.2, 0.25) is 5.91 Å². The number of nitrogens with two attached hydrogens (primary N) is 1. The van der Waals surface area contributed by atoms with Gasteiger partial charge in [-0.2, -0.15) is 0 Å². The second kappa shape index (κ2) is 2.05. The molecule has 1 unspecified atom stereocenters. The van der Waals surface area contributed by atoms with E-state index in [1.807, 2.05) is 0 Å². The number of Topliss-reactive ketones (excluding diaryl/α,β-unsaturated/α-hetero) is 1. The molecule has 1 aliphatic rings. The van der Waals surface area contributed by atoms with E-state index >= 15 is 0 Å². The summed E-state index contributed by atoms with van der Waals surface area (Å²) in [5.41, 5.74) is 3.78. The molecule has 1 aliphatic heterocycles. The smallest absolute Gasteiger partial charge is 0.250 e. The molecule has 0 aliphatic carbocycles. The summed E-state index contributed by atoms with van der Waals surface area (Å²) in [5.74, 6) is -0.820. The van der Waals surface area contributed by atoms with Gasteiger partial charge < -0.3 is 10.5 Å². The van der Waals surface area contributed by atoms with Gasteiger partial charge in [0.05, 0.1) is 6.42 Å². The number of rotatable bonds is 1. The first-order valence-corrected chi connectivity index (χ1v) is 2.87. The Balaban J connectivity index is 2.72. The van der Waals surface area contributed by atoms with E-state index in [0.717, 1.165) is 0 Å². The highest BCUT2D eigenvalue weighted by molar-refractivity contribution is 6.00. The molecular weight excluding hydrogens is 134 g/mol. The van der Waals surface area contributed by atoms with E-state index in [-0.39, 0.29) is 12.4 Å². The summed E-state index contributed by atoms with van der Waals surface area (Å²) in [6.07, 6.45) is 1.20. The molecular formula is C6H8NO3.